The predicted octanol–water partition coefficient (Wildman–Crippen LogP) is 1.99. The lowest BCUT2D eigenvalue weighted by Crippen LogP contribution is -2.24. The first-order valence-corrected chi connectivity index (χ1v) is 4.20. The highest BCUT2D eigenvalue weighted by molar-refractivity contribution is 5.36. The quantitative estimate of drug-likeness (QED) is 0.693. The molecule has 0 bridgehead atoms. The van der Waals surface area contributed by atoms with Crippen LogP contribution in [-0.2, 0) is 5.54 Å². The number of aryl methyl sites for hydroxylation is 1. The van der Waals surface area contributed by atoms with Gasteiger partial charge in [0, 0.05) is 13.1 Å². The average molecular weight is 167 g/mol. The first-order chi connectivity index (χ1) is 5.45. The third-order valence-electron chi connectivity index (χ3n) is 1.72. The summed E-state index contributed by atoms with van der Waals surface area (Å²) in [6, 6.07) is 2.05. The molecule has 0 amide bonds. The summed E-state index contributed by atoms with van der Waals surface area (Å²) in [5.74, 6) is 1.07. The van der Waals surface area contributed by atoms with E-state index in [1.807, 2.05) is 24.7 Å². The Morgan fingerprint density at radius 2 is 2.00 bits per heavy atom. The fourth-order valence-corrected chi connectivity index (χ4v) is 1.19. The van der Waals surface area contributed by atoms with Crippen molar-refractivity contribution in [2.24, 2.45) is 0 Å². The van der Waals surface area contributed by atoms with Crippen LogP contribution in [-0.4, -0.2) is 16.8 Å². The van der Waals surface area contributed by atoms with Gasteiger partial charge >= 0.3 is 0 Å². The Hall–Kier alpha value is -0.990. The average Bonchev–Trinajstić information content (AvgIpc) is 2.29. The molecule has 0 aliphatic heterocycles. The SMILES string of the molecule is CNc1cc(C)nn1C(C)(C)C. The number of hydrogen-bond donors (Lipinski definition) is 1. The van der Waals surface area contributed by atoms with E-state index in [0.717, 1.165) is 11.5 Å². The van der Waals surface area contributed by atoms with Crippen LogP contribution < -0.4 is 5.32 Å². The summed E-state index contributed by atoms with van der Waals surface area (Å²) < 4.78 is 2.00. The first kappa shape index (κ1) is 9.10. The molecule has 68 valence electrons. The van der Waals surface area contributed by atoms with Gasteiger partial charge < -0.3 is 5.32 Å². The maximum atomic E-state index is 4.41. The van der Waals surface area contributed by atoms with Gasteiger partial charge in [-0.3, -0.25) is 0 Å². The number of nitrogens with zero attached hydrogens (tertiary/aromatic N) is 2. The zero-order valence-corrected chi connectivity index (χ0v) is 8.47. The van der Waals surface area contributed by atoms with Crippen LogP contribution in [0.3, 0.4) is 0 Å². The van der Waals surface area contributed by atoms with Gasteiger partial charge in [0.1, 0.15) is 5.82 Å². The van der Waals surface area contributed by atoms with Gasteiger partial charge in [0.2, 0.25) is 0 Å². The Bertz CT molecular complexity index is 268. The molecule has 1 aromatic heterocycles. The predicted molar refractivity (Wildman–Crippen MR) is 51.5 cm³/mol. The highest BCUT2D eigenvalue weighted by Gasteiger charge is 2.17. The minimum absolute atomic E-state index is 0.0482. The van der Waals surface area contributed by atoms with E-state index in [0.29, 0.717) is 0 Å². The lowest BCUT2D eigenvalue weighted by atomic mass is 10.1. The molecule has 0 saturated carbocycles. The van der Waals surface area contributed by atoms with E-state index in [4.69, 9.17) is 0 Å². The van der Waals surface area contributed by atoms with E-state index < -0.39 is 0 Å². The molecule has 0 atom stereocenters. The van der Waals surface area contributed by atoms with Crippen LogP contribution in [0, 0.1) is 6.92 Å². The van der Waals surface area contributed by atoms with Crippen molar-refractivity contribution in [3.05, 3.63) is 11.8 Å². The second kappa shape index (κ2) is 2.81. The van der Waals surface area contributed by atoms with Crippen LogP contribution in [0.15, 0.2) is 6.07 Å². The fraction of sp³-hybridized carbons (Fsp3) is 0.667. The normalized spacial score (nSPS) is 11.8. The molecular formula is C9H17N3. The van der Waals surface area contributed by atoms with E-state index in [2.05, 4.69) is 31.2 Å². The van der Waals surface area contributed by atoms with E-state index in [-0.39, 0.29) is 5.54 Å². The van der Waals surface area contributed by atoms with Gasteiger partial charge in [-0.1, -0.05) is 0 Å². The Balaban J connectivity index is 3.13. The van der Waals surface area contributed by atoms with Gasteiger partial charge in [0.05, 0.1) is 11.2 Å². The summed E-state index contributed by atoms with van der Waals surface area (Å²) in [6.07, 6.45) is 0. The first-order valence-electron chi connectivity index (χ1n) is 4.20. The summed E-state index contributed by atoms with van der Waals surface area (Å²) in [6.45, 7) is 8.42. The third kappa shape index (κ3) is 1.60. The summed E-state index contributed by atoms with van der Waals surface area (Å²) in [5, 5.41) is 7.53. The zero-order chi connectivity index (χ0) is 9.35. The van der Waals surface area contributed by atoms with E-state index >= 15 is 0 Å². The molecule has 3 nitrogen and oxygen atoms in total. The second-order valence-corrected chi connectivity index (χ2v) is 4.00. The molecule has 0 saturated heterocycles. The Morgan fingerprint density at radius 3 is 2.33 bits per heavy atom. The molecule has 3 heteroatoms. The lowest BCUT2D eigenvalue weighted by Gasteiger charge is -2.21. The minimum Gasteiger partial charge on any atom is -0.373 e. The van der Waals surface area contributed by atoms with Crippen LogP contribution >= 0.6 is 0 Å². The smallest absolute Gasteiger partial charge is 0.124 e. The van der Waals surface area contributed by atoms with E-state index in [1.165, 1.54) is 0 Å². The van der Waals surface area contributed by atoms with Crippen molar-refractivity contribution in [3.63, 3.8) is 0 Å². The van der Waals surface area contributed by atoms with Gasteiger partial charge in [0.25, 0.3) is 0 Å². The zero-order valence-electron chi connectivity index (χ0n) is 8.47. The van der Waals surface area contributed by atoms with Crippen molar-refractivity contribution in [3.8, 4) is 0 Å². The Morgan fingerprint density at radius 1 is 1.42 bits per heavy atom. The van der Waals surface area contributed by atoms with Gasteiger partial charge in [-0.05, 0) is 27.7 Å². The molecule has 1 heterocycles. The van der Waals surface area contributed by atoms with Crippen LogP contribution in [0.4, 0.5) is 5.82 Å². The van der Waals surface area contributed by atoms with Crippen LogP contribution in [0.2, 0.25) is 0 Å². The van der Waals surface area contributed by atoms with Crippen LogP contribution in [0.25, 0.3) is 0 Å². The highest BCUT2D eigenvalue weighted by atomic mass is 15.4. The molecule has 0 unspecified atom stereocenters. The van der Waals surface area contributed by atoms with Crippen molar-refractivity contribution < 1.29 is 0 Å². The van der Waals surface area contributed by atoms with E-state index in [1.54, 1.807) is 0 Å². The number of anilines is 1. The van der Waals surface area contributed by atoms with Gasteiger partial charge in [0.15, 0.2) is 0 Å². The fourth-order valence-electron chi connectivity index (χ4n) is 1.19. The number of hydrogen-bond acceptors (Lipinski definition) is 2. The number of rotatable bonds is 1. The molecule has 0 radical (unpaired) electrons. The standard InChI is InChI=1S/C9H17N3/c1-7-6-8(10-5)12(11-7)9(2,3)4/h6,10H,1-5H3. The number of aromatic nitrogens is 2. The van der Waals surface area contributed by atoms with Crippen LogP contribution in [0.5, 0.6) is 0 Å². The molecule has 1 aromatic rings. The number of nitrogens with one attached hydrogen (secondary N) is 1. The van der Waals surface area contributed by atoms with Crippen molar-refractivity contribution in [2.45, 2.75) is 33.2 Å². The summed E-state index contributed by atoms with van der Waals surface area (Å²) in [5.41, 5.74) is 1.10. The van der Waals surface area contributed by atoms with Crippen molar-refractivity contribution in [1.29, 1.82) is 0 Å². The Labute approximate surface area is 73.8 Å². The van der Waals surface area contributed by atoms with E-state index in [9.17, 15) is 0 Å². The van der Waals surface area contributed by atoms with Crippen molar-refractivity contribution >= 4 is 5.82 Å². The molecule has 0 fully saturated rings. The van der Waals surface area contributed by atoms with Crippen molar-refractivity contribution in [2.75, 3.05) is 12.4 Å². The molecule has 0 spiro atoms. The molecule has 0 aromatic carbocycles. The monoisotopic (exact) mass is 167 g/mol. The van der Waals surface area contributed by atoms with Gasteiger partial charge in [-0.25, -0.2) is 4.68 Å². The molecule has 1 rings (SSSR count). The Kier molecular flexibility index (Phi) is 2.13. The highest BCUT2D eigenvalue weighted by Crippen LogP contribution is 2.20. The molecule has 0 aliphatic rings. The summed E-state index contributed by atoms with van der Waals surface area (Å²) in [4.78, 5) is 0. The summed E-state index contributed by atoms with van der Waals surface area (Å²) >= 11 is 0. The molecule has 1 N–H and O–H groups in total. The van der Waals surface area contributed by atoms with Gasteiger partial charge in [-0.2, -0.15) is 5.10 Å². The van der Waals surface area contributed by atoms with Crippen LogP contribution in [0.1, 0.15) is 26.5 Å². The van der Waals surface area contributed by atoms with Crippen molar-refractivity contribution in [1.82, 2.24) is 9.78 Å². The molecular weight excluding hydrogens is 150 g/mol. The largest absolute Gasteiger partial charge is 0.373 e. The second-order valence-electron chi connectivity index (χ2n) is 4.00. The lowest BCUT2D eigenvalue weighted by molar-refractivity contribution is 0.359. The van der Waals surface area contributed by atoms with Gasteiger partial charge in [-0.15, -0.1) is 0 Å². The molecule has 12 heavy (non-hydrogen) atoms. The maximum Gasteiger partial charge on any atom is 0.124 e. The minimum atomic E-state index is 0.0482. The molecule has 0 aliphatic carbocycles. The topological polar surface area (TPSA) is 29.9 Å². The maximum absolute atomic E-state index is 4.41. The summed E-state index contributed by atoms with van der Waals surface area (Å²) in [7, 11) is 1.92. The third-order valence-corrected chi connectivity index (χ3v) is 1.72.